The normalized spacial score (nSPS) is 9.74. The number of Topliss-reactive ketones (excluding diaryl/α,β-unsaturated/α-hetero) is 1. The highest BCUT2D eigenvalue weighted by atomic mass is 16.5. The fourth-order valence-corrected chi connectivity index (χ4v) is 2.02. The van der Waals surface area contributed by atoms with Crippen LogP contribution in [0.25, 0.3) is 0 Å². The first-order chi connectivity index (χ1) is 11.1. The van der Waals surface area contributed by atoms with Crippen molar-refractivity contribution in [2.45, 2.75) is 13.3 Å². The third-order valence-electron chi connectivity index (χ3n) is 3.14. The zero-order valence-electron chi connectivity index (χ0n) is 12.7. The lowest BCUT2D eigenvalue weighted by molar-refractivity contribution is -0.118. The second-order valence-electron chi connectivity index (χ2n) is 4.80. The summed E-state index contributed by atoms with van der Waals surface area (Å²) in [4.78, 5) is 23.8. The second-order valence-corrected chi connectivity index (χ2v) is 4.80. The van der Waals surface area contributed by atoms with Crippen LogP contribution in [0.3, 0.4) is 0 Å². The van der Waals surface area contributed by atoms with E-state index in [1.807, 2.05) is 6.07 Å². The van der Waals surface area contributed by atoms with Gasteiger partial charge in [-0.2, -0.15) is 5.26 Å². The van der Waals surface area contributed by atoms with Crippen LogP contribution in [0.4, 0.5) is 5.69 Å². The van der Waals surface area contributed by atoms with Gasteiger partial charge in [0.25, 0.3) is 5.91 Å². The number of benzene rings is 2. The van der Waals surface area contributed by atoms with Crippen LogP contribution < -0.4 is 10.1 Å². The molecule has 116 valence electrons. The lowest BCUT2D eigenvalue weighted by Gasteiger charge is -2.10. The molecule has 2 aromatic rings. The van der Waals surface area contributed by atoms with Gasteiger partial charge in [-0.1, -0.05) is 25.1 Å². The molecule has 0 saturated carbocycles. The predicted octanol–water partition coefficient (Wildman–Crippen LogP) is 3.17. The molecule has 0 aliphatic carbocycles. The first kappa shape index (κ1) is 16.2. The standard InChI is InChI=1S/C18H16N2O3/c1-2-16(21)15-8-3-4-9-17(15)23-12-18(22)20-14-7-5-6-13(10-14)11-19/h3-10H,2,12H2,1H3,(H,20,22). The van der Waals surface area contributed by atoms with Crippen molar-refractivity contribution in [3.05, 3.63) is 59.7 Å². The monoisotopic (exact) mass is 308 g/mol. The van der Waals surface area contributed by atoms with Gasteiger partial charge in [-0.05, 0) is 30.3 Å². The van der Waals surface area contributed by atoms with Crippen molar-refractivity contribution in [2.75, 3.05) is 11.9 Å². The molecule has 0 bridgehead atoms. The number of para-hydroxylation sites is 1. The summed E-state index contributed by atoms with van der Waals surface area (Å²) in [5.74, 6) is -0.0122. The molecule has 0 radical (unpaired) electrons. The molecule has 0 saturated heterocycles. The van der Waals surface area contributed by atoms with Gasteiger partial charge >= 0.3 is 0 Å². The van der Waals surface area contributed by atoms with Crippen molar-refractivity contribution in [1.29, 1.82) is 5.26 Å². The van der Waals surface area contributed by atoms with Crippen LogP contribution in [0.1, 0.15) is 29.3 Å². The van der Waals surface area contributed by atoms with E-state index in [9.17, 15) is 9.59 Å². The Balaban J connectivity index is 2.00. The number of ketones is 1. The van der Waals surface area contributed by atoms with E-state index in [0.29, 0.717) is 29.0 Å². The van der Waals surface area contributed by atoms with Gasteiger partial charge in [0.2, 0.25) is 0 Å². The van der Waals surface area contributed by atoms with Crippen molar-refractivity contribution >= 4 is 17.4 Å². The summed E-state index contributed by atoms with van der Waals surface area (Å²) in [6.07, 6.45) is 0.369. The Hall–Kier alpha value is -3.13. The first-order valence-corrected chi connectivity index (χ1v) is 7.19. The number of nitrogens with one attached hydrogen (secondary N) is 1. The van der Waals surface area contributed by atoms with Gasteiger partial charge in [0, 0.05) is 12.1 Å². The third-order valence-corrected chi connectivity index (χ3v) is 3.14. The second kappa shape index (κ2) is 7.76. The summed E-state index contributed by atoms with van der Waals surface area (Å²) in [7, 11) is 0. The molecule has 0 fully saturated rings. The number of nitriles is 1. The number of anilines is 1. The Labute approximate surface area is 134 Å². The maximum absolute atomic E-state index is 11.9. The molecule has 0 spiro atoms. The van der Waals surface area contributed by atoms with Crippen molar-refractivity contribution in [2.24, 2.45) is 0 Å². The van der Waals surface area contributed by atoms with Crippen LogP contribution in [-0.4, -0.2) is 18.3 Å². The topological polar surface area (TPSA) is 79.2 Å². The molecule has 2 rings (SSSR count). The van der Waals surface area contributed by atoms with Gasteiger partial charge in [-0.25, -0.2) is 0 Å². The largest absolute Gasteiger partial charge is 0.483 e. The lowest BCUT2D eigenvalue weighted by atomic mass is 10.1. The molecule has 0 atom stereocenters. The number of hydrogen-bond donors (Lipinski definition) is 1. The Morgan fingerprint density at radius 3 is 2.70 bits per heavy atom. The first-order valence-electron chi connectivity index (χ1n) is 7.19. The minimum Gasteiger partial charge on any atom is -0.483 e. The Kier molecular flexibility index (Phi) is 5.48. The fourth-order valence-electron chi connectivity index (χ4n) is 2.02. The zero-order valence-corrected chi connectivity index (χ0v) is 12.7. The smallest absolute Gasteiger partial charge is 0.262 e. The Morgan fingerprint density at radius 1 is 1.17 bits per heavy atom. The number of nitrogens with zero attached hydrogens (tertiary/aromatic N) is 1. The maximum atomic E-state index is 11.9. The molecule has 0 heterocycles. The maximum Gasteiger partial charge on any atom is 0.262 e. The van der Waals surface area contributed by atoms with Crippen molar-refractivity contribution in [3.63, 3.8) is 0 Å². The van der Waals surface area contributed by atoms with E-state index in [-0.39, 0.29) is 18.3 Å². The van der Waals surface area contributed by atoms with Crippen LogP contribution in [0.5, 0.6) is 5.75 Å². The molecule has 5 nitrogen and oxygen atoms in total. The van der Waals surface area contributed by atoms with E-state index in [0.717, 1.165) is 0 Å². The number of hydrogen-bond acceptors (Lipinski definition) is 4. The van der Waals surface area contributed by atoms with E-state index in [1.165, 1.54) is 0 Å². The van der Waals surface area contributed by atoms with Crippen LogP contribution in [-0.2, 0) is 4.79 Å². The van der Waals surface area contributed by atoms with Crippen molar-refractivity contribution < 1.29 is 14.3 Å². The molecular weight excluding hydrogens is 292 g/mol. The molecular formula is C18H16N2O3. The summed E-state index contributed by atoms with van der Waals surface area (Å²) in [6.45, 7) is 1.55. The van der Waals surface area contributed by atoms with Gasteiger partial charge in [0.15, 0.2) is 12.4 Å². The molecule has 1 amide bonds. The van der Waals surface area contributed by atoms with E-state index >= 15 is 0 Å². The van der Waals surface area contributed by atoms with Gasteiger partial charge in [0.1, 0.15) is 5.75 Å². The molecule has 5 heteroatoms. The van der Waals surface area contributed by atoms with Crippen molar-refractivity contribution in [1.82, 2.24) is 0 Å². The van der Waals surface area contributed by atoms with E-state index < -0.39 is 0 Å². The summed E-state index contributed by atoms with van der Waals surface area (Å²) >= 11 is 0. The fraction of sp³-hybridized carbons (Fsp3) is 0.167. The van der Waals surface area contributed by atoms with Crippen LogP contribution in [0, 0.1) is 11.3 Å². The van der Waals surface area contributed by atoms with Gasteiger partial charge in [-0.3, -0.25) is 9.59 Å². The summed E-state index contributed by atoms with van der Waals surface area (Å²) in [6, 6.07) is 15.4. The minimum absolute atomic E-state index is 0.0391. The number of ether oxygens (including phenoxy) is 1. The lowest BCUT2D eigenvalue weighted by Crippen LogP contribution is -2.20. The van der Waals surface area contributed by atoms with Gasteiger partial charge in [-0.15, -0.1) is 0 Å². The summed E-state index contributed by atoms with van der Waals surface area (Å²) in [5.41, 5.74) is 1.45. The highest BCUT2D eigenvalue weighted by Crippen LogP contribution is 2.19. The predicted molar refractivity (Wildman–Crippen MR) is 86.3 cm³/mol. The SMILES string of the molecule is CCC(=O)c1ccccc1OCC(=O)Nc1cccc(C#N)c1. The van der Waals surface area contributed by atoms with E-state index in [2.05, 4.69) is 5.32 Å². The summed E-state index contributed by atoms with van der Waals surface area (Å²) in [5, 5.41) is 11.5. The quantitative estimate of drug-likeness (QED) is 0.831. The van der Waals surface area contributed by atoms with Crippen LogP contribution in [0.2, 0.25) is 0 Å². The average Bonchev–Trinajstić information content (AvgIpc) is 2.59. The highest BCUT2D eigenvalue weighted by molar-refractivity contribution is 5.98. The molecule has 1 N–H and O–H groups in total. The average molecular weight is 308 g/mol. The number of rotatable bonds is 6. The highest BCUT2D eigenvalue weighted by Gasteiger charge is 2.11. The third kappa shape index (κ3) is 4.42. The Bertz CT molecular complexity index is 763. The van der Waals surface area contributed by atoms with Gasteiger partial charge < -0.3 is 10.1 Å². The number of carbonyl (C=O) groups excluding carboxylic acids is 2. The molecule has 0 aliphatic rings. The molecule has 0 unspecified atom stereocenters. The molecule has 2 aromatic carbocycles. The van der Waals surface area contributed by atoms with Crippen LogP contribution >= 0.6 is 0 Å². The number of amides is 1. The Morgan fingerprint density at radius 2 is 1.96 bits per heavy atom. The minimum atomic E-state index is -0.362. The molecule has 0 aliphatic heterocycles. The van der Waals surface area contributed by atoms with E-state index in [4.69, 9.17) is 10.00 Å². The summed E-state index contributed by atoms with van der Waals surface area (Å²) < 4.78 is 5.45. The number of carbonyl (C=O) groups is 2. The zero-order chi connectivity index (χ0) is 16.7. The van der Waals surface area contributed by atoms with E-state index in [1.54, 1.807) is 55.5 Å². The van der Waals surface area contributed by atoms with Crippen LogP contribution in [0.15, 0.2) is 48.5 Å². The van der Waals surface area contributed by atoms with Gasteiger partial charge in [0.05, 0.1) is 17.2 Å². The molecule has 23 heavy (non-hydrogen) atoms. The molecule has 0 aromatic heterocycles. The van der Waals surface area contributed by atoms with Crippen molar-refractivity contribution in [3.8, 4) is 11.8 Å².